The molecule has 20 heavy (non-hydrogen) atoms. The molecule has 2 aromatic rings. The van der Waals surface area contributed by atoms with E-state index in [0.29, 0.717) is 11.3 Å². The summed E-state index contributed by atoms with van der Waals surface area (Å²) in [4.78, 5) is 15.2. The van der Waals surface area contributed by atoms with Gasteiger partial charge in [0.05, 0.1) is 24.0 Å². The second-order valence-electron chi connectivity index (χ2n) is 3.80. The Bertz CT molecular complexity index is 764. The highest BCUT2D eigenvalue weighted by molar-refractivity contribution is 5.91. The lowest BCUT2D eigenvalue weighted by molar-refractivity contribution is 0.0601. The molecule has 0 aliphatic carbocycles. The van der Waals surface area contributed by atoms with Crippen molar-refractivity contribution in [3.63, 3.8) is 0 Å². The topological polar surface area (TPSA) is 118 Å². The molecule has 0 saturated heterocycles. The number of rotatable bonds is 2. The molecule has 0 spiro atoms. The average Bonchev–Trinajstić information content (AvgIpc) is 2.88. The minimum atomic E-state index is -0.507. The number of nitrogens with two attached hydrogens (primary N) is 1. The number of nitrogens with zero attached hydrogens (tertiary/aromatic N) is 4. The highest BCUT2D eigenvalue weighted by Gasteiger charge is 2.15. The van der Waals surface area contributed by atoms with Crippen LogP contribution in [0, 0.1) is 22.7 Å². The van der Waals surface area contributed by atoms with Gasteiger partial charge in [-0.25, -0.2) is 9.78 Å². The number of hydrogen-bond acceptors (Lipinski definition) is 6. The van der Waals surface area contributed by atoms with Gasteiger partial charge in [-0.3, -0.25) is 4.57 Å². The molecule has 0 amide bonds. The number of carbonyl (C=O) groups is 1. The summed E-state index contributed by atoms with van der Waals surface area (Å²) in [5.74, 6) is -0.507. The van der Waals surface area contributed by atoms with Crippen molar-refractivity contribution in [2.45, 2.75) is 0 Å². The van der Waals surface area contributed by atoms with Crippen LogP contribution in [0.2, 0.25) is 0 Å². The quantitative estimate of drug-likeness (QED) is 0.640. The van der Waals surface area contributed by atoms with Crippen molar-refractivity contribution >= 4 is 11.7 Å². The summed E-state index contributed by atoms with van der Waals surface area (Å²) in [5, 5.41) is 17.9. The van der Waals surface area contributed by atoms with E-state index in [1.807, 2.05) is 12.1 Å². The van der Waals surface area contributed by atoms with Gasteiger partial charge in [-0.1, -0.05) is 0 Å². The van der Waals surface area contributed by atoms with Gasteiger partial charge >= 0.3 is 5.97 Å². The normalized spacial score (nSPS) is 9.55. The standard InChI is InChI=1S/C13H9N5O2/c1-20-13(19)8-2-3-11(9(16)4-8)18-7-17-10(5-14)12(18)6-15/h2-4,7H,16H2,1H3. The molecule has 0 saturated carbocycles. The number of aromatic nitrogens is 2. The Hall–Kier alpha value is -3.32. The molecule has 0 aliphatic heterocycles. The number of hydrogen-bond donors (Lipinski definition) is 1. The van der Waals surface area contributed by atoms with Crippen LogP contribution in [0.25, 0.3) is 5.69 Å². The van der Waals surface area contributed by atoms with E-state index in [-0.39, 0.29) is 17.1 Å². The van der Waals surface area contributed by atoms with E-state index in [1.54, 1.807) is 6.07 Å². The molecular formula is C13H9N5O2. The first-order chi connectivity index (χ1) is 9.62. The Labute approximate surface area is 114 Å². The summed E-state index contributed by atoms with van der Waals surface area (Å²) in [7, 11) is 1.27. The second-order valence-corrected chi connectivity index (χ2v) is 3.80. The van der Waals surface area contributed by atoms with Crippen LogP contribution < -0.4 is 5.73 Å². The minimum absolute atomic E-state index is 0.0175. The summed E-state index contributed by atoms with van der Waals surface area (Å²) < 4.78 is 5.99. The fourth-order valence-electron chi connectivity index (χ4n) is 1.74. The number of carbonyl (C=O) groups excluding carboxylic acids is 1. The van der Waals surface area contributed by atoms with Crippen LogP contribution in [0.4, 0.5) is 5.69 Å². The largest absolute Gasteiger partial charge is 0.465 e. The van der Waals surface area contributed by atoms with E-state index in [2.05, 4.69) is 9.72 Å². The number of anilines is 1. The van der Waals surface area contributed by atoms with Crippen LogP contribution >= 0.6 is 0 Å². The number of esters is 1. The van der Waals surface area contributed by atoms with E-state index in [0.717, 1.165) is 0 Å². The molecule has 7 heteroatoms. The third-order valence-corrected chi connectivity index (χ3v) is 2.69. The van der Waals surface area contributed by atoms with E-state index >= 15 is 0 Å². The van der Waals surface area contributed by atoms with E-state index < -0.39 is 5.97 Å². The summed E-state index contributed by atoms with van der Waals surface area (Å²) >= 11 is 0. The monoisotopic (exact) mass is 267 g/mol. The first-order valence-corrected chi connectivity index (χ1v) is 5.48. The summed E-state index contributed by atoms with van der Waals surface area (Å²) in [6.45, 7) is 0. The Morgan fingerprint density at radius 3 is 2.70 bits per heavy atom. The molecular weight excluding hydrogens is 258 g/mol. The van der Waals surface area contributed by atoms with E-state index in [4.69, 9.17) is 16.3 Å². The van der Waals surface area contributed by atoms with Crippen LogP contribution in [0.1, 0.15) is 21.7 Å². The van der Waals surface area contributed by atoms with Gasteiger partial charge in [-0.2, -0.15) is 10.5 Å². The van der Waals surface area contributed by atoms with E-state index in [9.17, 15) is 4.79 Å². The lowest BCUT2D eigenvalue weighted by Crippen LogP contribution is -2.06. The number of nitriles is 2. The molecule has 1 aromatic heterocycles. The van der Waals surface area contributed by atoms with Gasteiger partial charge in [-0.15, -0.1) is 0 Å². The van der Waals surface area contributed by atoms with Gasteiger partial charge in [0, 0.05) is 0 Å². The molecule has 0 fully saturated rings. The first kappa shape index (κ1) is 13.1. The zero-order chi connectivity index (χ0) is 14.7. The minimum Gasteiger partial charge on any atom is -0.465 e. The zero-order valence-electron chi connectivity index (χ0n) is 10.5. The van der Waals surface area contributed by atoms with Gasteiger partial charge in [-0.05, 0) is 18.2 Å². The molecule has 0 bridgehead atoms. The van der Waals surface area contributed by atoms with Gasteiger partial charge < -0.3 is 10.5 Å². The Balaban J connectivity index is 2.56. The van der Waals surface area contributed by atoms with Crippen molar-refractivity contribution in [3.05, 3.63) is 41.5 Å². The van der Waals surface area contributed by atoms with Gasteiger partial charge in [0.2, 0.25) is 0 Å². The van der Waals surface area contributed by atoms with Crippen molar-refractivity contribution in [1.82, 2.24) is 9.55 Å². The fourth-order valence-corrected chi connectivity index (χ4v) is 1.74. The predicted molar refractivity (Wildman–Crippen MR) is 68.7 cm³/mol. The lowest BCUT2D eigenvalue weighted by Gasteiger charge is -2.09. The zero-order valence-corrected chi connectivity index (χ0v) is 10.5. The lowest BCUT2D eigenvalue weighted by atomic mass is 10.1. The third kappa shape index (κ3) is 2.04. The molecule has 98 valence electrons. The summed E-state index contributed by atoms with van der Waals surface area (Å²) in [6.07, 6.45) is 1.33. The number of nitrogen functional groups attached to an aromatic ring is 1. The predicted octanol–water partition coefficient (Wildman–Crippen LogP) is 0.984. The van der Waals surface area contributed by atoms with Crippen molar-refractivity contribution in [3.8, 4) is 17.8 Å². The molecule has 0 aliphatic rings. The second kappa shape index (κ2) is 5.12. The van der Waals surface area contributed by atoms with Gasteiger partial charge in [0.15, 0.2) is 11.4 Å². The molecule has 7 nitrogen and oxygen atoms in total. The van der Waals surface area contributed by atoms with Crippen molar-refractivity contribution < 1.29 is 9.53 Å². The molecule has 0 atom stereocenters. The van der Waals surface area contributed by atoms with Crippen LogP contribution in [0.3, 0.4) is 0 Å². The smallest absolute Gasteiger partial charge is 0.337 e. The molecule has 1 aromatic carbocycles. The maximum Gasteiger partial charge on any atom is 0.337 e. The first-order valence-electron chi connectivity index (χ1n) is 5.48. The van der Waals surface area contributed by atoms with E-state index in [1.165, 1.54) is 30.1 Å². The Kier molecular flexibility index (Phi) is 3.36. The van der Waals surface area contributed by atoms with Crippen LogP contribution in [0.15, 0.2) is 24.5 Å². The maximum absolute atomic E-state index is 11.4. The molecule has 0 radical (unpaired) electrons. The molecule has 2 rings (SSSR count). The fraction of sp³-hybridized carbons (Fsp3) is 0.0769. The van der Waals surface area contributed by atoms with Crippen molar-refractivity contribution in [1.29, 1.82) is 10.5 Å². The Morgan fingerprint density at radius 2 is 2.15 bits per heavy atom. The van der Waals surface area contributed by atoms with Crippen molar-refractivity contribution in [2.75, 3.05) is 12.8 Å². The average molecular weight is 267 g/mol. The number of benzene rings is 1. The number of imidazole rings is 1. The molecule has 0 unspecified atom stereocenters. The third-order valence-electron chi connectivity index (χ3n) is 2.69. The highest BCUT2D eigenvalue weighted by Crippen LogP contribution is 2.22. The Morgan fingerprint density at radius 1 is 1.40 bits per heavy atom. The highest BCUT2D eigenvalue weighted by atomic mass is 16.5. The SMILES string of the molecule is COC(=O)c1ccc(-n2cnc(C#N)c2C#N)c(N)c1. The van der Waals surface area contributed by atoms with Crippen LogP contribution in [-0.4, -0.2) is 22.6 Å². The summed E-state index contributed by atoms with van der Waals surface area (Å²) in [6, 6.07) is 8.24. The van der Waals surface area contributed by atoms with Gasteiger partial charge in [0.1, 0.15) is 18.5 Å². The van der Waals surface area contributed by atoms with Crippen LogP contribution in [-0.2, 0) is 4.74 Å². The van der Waals surface area contributed by atoms with Gasteiger partial charge in [0.25, 0.3) is 0 Å². The molecule has 1 heterocycles. The summed E-state index contributed by atoms with van der Waals surface area (Å²) in [5.41, 5.74) is 7.01. The van der Waals surface area contributed by atoms with Crippen molar-refractivity contribution in [2.24, 2.45) is 0 Å². The molecule has 2 N–H and O–H groups in total. The number of methoxy groups -OCH3 is 1. The van der Waals surface area contributed by atoms with Crippen LogP contribution in [0.5, 0.6) is 0 Å². The number of ether oxygens (including phenoxy) is 1. The maximum atomic E-state index is 11.4.